The lowest BCUT2D eigenvalue weighted by atomic mass is 9.69. The van der Waals surface area contributed by atoms with E-state index in [2.05, 4.69) is 39.8 Å². The van der Waals surface area contributed by atoms with Gasteiger partial charge >= 0.3 is 6.03 Å². The molecular weight excluding hydrogens is 471 g/mol. The molecule has 1 saturated carbocycles. The number of urea groups is 1. The van der Waals surface area contributed by atoms with Crippen LogP contribution in [0.4, 0.5) is 14.9 Å². The number of carbonyl (C=O) groups excluding carboxylic acids is 1. The molecule has 0 atom stereocenters. The van der Waals surface area contributed by atoms with Gasteiger partial charge in [-0.1, -0.05) is 31.0 Å². The zero-order valence-corrected chi connectivity index (χ0v) is 22.4. The van der Waals surface area contributed by atoms with Gasteiger partial charge in [-0.05, 0) is 104 Å². The number of nitrogens with zero attached hydrogens (tertiary/aromatic N) is 3. The van der Waals surface area contributed by atoms with Crippen LogP contribution in [-0.4, -0.2) is 47.2 Å². The minimum Gasteiger partial charge on any atom is -0.321 e. The van der Waals surface area contributed by atoms with Gasteiger partial charge in [-0.2, -0.15) is 5.26 Å². The van der Waals surface area contributed by atoms with Gasteiger partial charge in [0.1, 0.15) is 5.82 Å². The molecule has 2 amide bonds. The predicted molar refractivity (Wildman–Crippen MR) is 145 cm³/mol. The molecule has 1 heterocycles. The Hall–Kier alpha value is -2.56. The van der Waals surface area contributed by atoms with Crippen LogP contribution >= 0.6 is 11.9 Å². The first-order valence-corrected chi connectivity index (χ1v) is 14.1. The number of piperidine rings is 1. The summed E-state index contributed by atoms with van der Waals surface area (Å²) in [6, 6.07) is 15.0. The first kappa shape index (κ1) is 26.5. The van der Waals surface area contributed by atoms with E-state index >= 15 is 0 Å². The van der Waals surface area contributed by atoms with Crippen molar-refractivity contribution in [2.45, 2.75) is 63.8 Å². The van der Waals surface area contributed by atoms with Gasteiger partial charge in [-0.3, -0.25) is 4.31 Å². The minimum absolute atomic E-state index is 0.00324. The summed E-state index contributed by atoms with van der Waals surface area (Å²) in [6.07, 6.45) is 8.08. The number of nitriles is 1. The number of aryl methyl sites for hydroxylation is 1. The summed E-state index contributed by atoms with van der Waals surface area (Å²) in [5.41, 5.74) is 3.07. The second-order valence-corrected chi connectivity index (χ2v) is 11.5. The molecule has 0 unspecified atom stereocenters. The Morgan fingerprint density at radius 1 is 1.19 bits per heavy atom. The number of hydrogen-bond acceptors (Lipinski definition) is 4. The van der Waals surface area contributed by atoms with Gasteiger partial charge in [0.2, 0.25) is 0 Å². The van der Waals surface area contributed by atoms with Crippen molar-refractivity contribution in [3.8, 4) is 6.07 Å². The fraction of sp³-hybridized carbons (Fsp3) is 0.517. The van der Waals surface area contributed by atoms with Crippen LogP contribution in [0.5, 0.6) is 0 Å². The maximum absolute atomic E-state index is 13.8. The molecule has 36 heavy (non-hydrogen) atoms. The average molecular weight is 509 g/mol. The highest BCUT2D eigenvalue weighted by atomic mass is 32.2. The lowest BCUT2D eigenvalue weighted by Gasteiger charge is -2.43. The van der Waals surface area contributed by atoms with Gasteiger partial charge in [0, 0.05) is 31.4 Å². The second kappa shape index (κ2) is 11.7. The van der Waals surface area contributed by atoms with Crippen molar-refractivity contribution in [1.29, 1.82) is 5.26 Å². The molecule has 4 rings (SSSR count). The van der Waals surface area contributed by atoms with Crippen LogP contribution in [0, 0.1) is 30.0 Å². The summed E-state index contributed by atoms with van der Waals surface area (Å²) in [5.74, 6) is 0.215. The Kier molecular flexibility index (Phi) is 8.58. The van der Waals surface area contributed by atoms with Crippen LogP contribution in [0.3, 0.4) is 0 Å². The van der Waals surface area contributed by atoms with E-state index in [0.717, 1.165) is 58.2 Å². The Balaban J connectivity index is 1.48. The number of rotatable bonds is 6. The van der Waals surface area contributed by atoms with E-state index in [1.807, 2.05) is 18.2 Å². The lowest BCUT2D eigenvalue weighted by molar-refractivity contribution is 0.122. The van der Waals surface area contributed by atoms with Crippen molar-refractivity contribution >= 4 is 23.7 Å². The molecule has 5 nitrogen and oxygen atoms in total. The average Bonchev–Trinajstić information content (AvgIpc) is 2.90. The van der Waals surface area contributed by atoms with Crippen molar-refractivity contribution in [3.05, 3.63) is 65.0 Å². The molecule has 1 aliphatic heterocycles. The smallest absolute Gasteiger partial charge is 0.321 e. The number of anilines is 1. The highest BCUT2D eigenvalue weighted by Gasteiger charge is 2.37. The number of amides is 2. The van der Waals surface area contributed by atoms with Crippen molar-refractivity contribution < 1.29 is 9.18 Å². The van der Waals surface area contributed by atoms with Crippen molar-refractivity contribution in [2.24, 2.45) is 5.92 Å². The Morgan fingerprint density at radius 3 is 2.56 bits per heavy atom. The minimum atomic E-state index is -0.266. The molecule has 0 aromatic heterocycles. The third-order valence-corrected chi connectivity index (χ3v) is 9.03. The number of hydrogen-bond donors (Lipinski definition) is 1. The van der Waals surface area contributed by atoms with Gasteiger partial charge in [0.15, 0.2) is 0 Å². The van der Waals surface area contributed by atoms with Crippen LogP contribution in [0.25, 0.3) is 0 Å². The topological polar surface area (TPSA) is 59.4 Å². The second-order valence-electron chi connectivity index (χ2n) is 10.6. The van der Waals surface area contributed by atoms with Crippen LogP contribution in [0.1, 0.15) is 62.1 Å². The third kappa shape index (κ3) is 6.22. The Morgan fingerprint density at radius 2 is 1.92 bits per heavy atom. The molecule has 1 N–H and O–H groups in total. The zero-order valence-electron chi connectivity index (χ0n) is 21.6. The number of halogens is 1. The standard InChI is InChI=1S/C29H37FN4OS/c1-21-17-25(7-8-27(21)30)32-28(35)34(20-22-11-15-33(36-3)16-12-22)26-9-13-29(2,14-10-26)24-6-4-5-23(18-24)19-31/h4-8,17-18,22,26H,9-16,20H2,1-3H3,(H,32,35). The van der Waals surface area contributed by atoms with Crippen LogP contribution in [-0.2, 0) is 5.41 Å². The predicted octanol–water partition coefficient (Wildman–Crippen LogP) is 6.73. The molecule has 1 saturated heterocycles. The van der Waals surface area contributed by atoms with Crippen LogP contribution < -0.4 is 5.32 Å². The molecule has 2 aromatic carbocycles. The van der Waals surface area contributed by atoms with Gasteiger partial charge in [-0.25, -0.2) is 9.18 Å². The van der Waals surface area contributed by atoms with Crippen molar-refractivity contribution in [3.63, 3.8) is 0 Å². The van der Waals surface area contributed by atoms with E-state index in [0.29, 0.717) is 22.7 Å². The van der Waals surface area contributed by atoms with Gasteiger partial charge < -0.3 is 10.2 Å². The molecule has 2 aromatic rings. The summed E-state index contributed by atoms with van der Waals surface area (Å²) in [4.78, 5) is 15.6. The lowest BCUT2D eigenvalue weighted by Crippen LogP contribution is -2.49. The van der Waals surface area contributed by atoms with Gasteiger partial charge in [-0.15, -0.1) is 0 Å². The quantitative estimate of drug-likeness (QED) is 0.440. The monoisotopic (exact) mass is 508 g/mol. The maximum Gasteiger partial charge on any atom is 0.322 e. The van der Waals surface area contributed by atoms with Gasteiger partial charge in [0.05, 0.1) is 11.6 Å². The molecular formula is C29H37FN4OS. The molecule has 2 aliphatic rings. The highest BCUT2D eigenvalue weighted by Crippen LogP contribution is 2.41. The van der Waals surface area contributed by atoms with E-state index in [4.69, 9.17) is 0 Å². The number of carbonyl (C=O) groups is 1. The summed E-state index contributed by atoms with van der Waals surface area (Å²) < 4.78 is 16.2. The van der Waals surface area contributed by atoms with E-state index < -0.39 is 0 Å². The molecule has 0 bridgehead atoms. The summed E-state index contributed by atoms with van der Waals surface area (Å²) >= 11 is 1.80. The first-order chi connectivity index (χ1) is 17.3. The molecule has 192 valence electrons. The molecule has 2 fully saturated rings. The molecule has 1 aliphatic carbocycles. The molecule has 7 heteroatoms. The van der Waals surface area contributed by atoms with Crippen LogP contribution in [0.15, 0.2) is 42.5 Å². The SMILES string of the molecule is CSN1CCC(CN(C(=O)Nc2ccc(F)c(C)c2)C2CCC(C)(c3cccc(C#N)c3)CC2)CC1. The first-order valence-electron chi connectivity index (χ1n) is 12.9. The Labute approximate surface area is 219 Å². The van der Waals surface area contributed by atoms with E-state index in [1.54, 1.807) is 31.0 Å². The summed E-state index contributed by atoms with van der Waals surface area (Å²) in [5, 5.41) is 12.4. The van der Waals surface area contributed by atoms with Crippen molar-refractivity contribution in [1.82, 2.24) is 9.21 Å². The van der Waals surface area contributed by atoms with Crippen molar-refractivity contribution in [2.75, 3.05) is 31.2 Å². The fourth-order valence-electron chi connectivity index (χ4n) is 5.67. The van der Waals surface area contributed by atoms with Gasteiger partial charge in [0.25, 0.3) is 0 Å². The van der Waals surface area contributed by atoms with E-state index in [9.17, 15) is 14.4 Å². The third-order valence-electron chi connectivity index (χ3n) is 8.14. The number of nitrogens with one attached hydrogen (secondary N) is 1. The Bertz CT molecular complexity index is 1100. The molecule has 0 spiro atoms. The summed E-state index contributed by atoms with van der Waals surface area (Å²) in [6.45, 7) is 6.85. The maximum atomic E-state index is 13.8. The highest BCUT2D eigenvalue weighted by molar-refractivity contribution is 7.96. The molecule has 0 radical (unpaired) electrons. The zero-order chi connectivity index (χ0) is 25.7. The summed E-state index contributed by atoms with van der Waals surface area (Å²) in [7, 11) is 0. The normalized spacial score (nSPS) is 23.1. The fourth-order valence-corrected chi connectivity index (χ4v) is 6.25. The van der Waals surface area contributed by atoms with E-state index in [-0.39, 0.29) is 23.3 Å². The number of benzene rings is 2. The largest absolute Gasteiger partial charge is 0.322 e. The van der Waals surface area contributed by atoms with Crippen LogP contribution in [0.2, 0.25) is 0 Å². The van der Waals surface area contributed by atoms with E-state index in [1.165, 1.54) is 11.6 Å².